The molecule has 0 unspecified atom stereocenters. The Morgan fingerprint density at radius 3 is 2.70 bits per heavy atom. The maximum atomic E-state index is 12.5. The van der Waals surface area contributed by atoms with E-state index in [4.69, 9.17) is 4.74 Å². The summed E-state index contributed by atoms with van der Waals surface area (Å²) < 4.78 is 5.18. The van der Waals surface area contributed by atoms with Crippen molar-refractivity contribution in [2.45, 2.75) is 6.92 Å². The van der Waals surface area contributed by atoms with Crippen LogP contribution >= 0.6 is 11.8 Å². The van der Waals surface area contributed by atoms with E-state index in [9.17, 15) is 24.5 Å². The number of hydrogen-bond donors (Lipinski definition) is 0. The predicted molar refractivity (Wildman–Crippen MR) is 97.9 cm³/mol. The van der Waals surface area contributed by atoms with Gasteiger partial charge in [0.1, 0.15) is 6.54 Å². The molecule has 0 atom stereocenters. The number of nitro benzene ring substituents is 1. The number of aryl methyl sites for hydroxylation is 1. The van der Waals surface area contributed by atoms with Gasteiger partial charge in [-0.1, -0.05) is 12.1 Å². The second kappa shape index (κ2) is 7.89. The lowest BCUT2D eigenvalue weighted by Crippen LogP contribution is -2.46. The third-order valence-corrected chi connectivity index (χ3v) is 5.17. The molecule has 2 aliphatic heterocycles. The number of benzene rings is 1. The predicted octanol–water partition coefficient (Wildman–Crippen LogP) is 1.80. The average Bonchev–Trinajstić information content (AvgIpc) is 2.91. The molecule has 2 fully saturated rings. The molecule has 2 heterocycles. The number of carbonyl (C=O) groups is 3. The number of amides is 3. The minimum absolute atomic E-state index is 0.0644. The van der Waals surface area contributed by atoms with Crippen LogP contribution < -0.4 is 0 Å². The smallest absolute Gasteiger partial charge is 0.294 e. The van der Waals surface area contributed by atoms with Crippen LogP contribution in [0.4, 0.5) is 10.5 Å². The molecule has 1 aromatic carbocycles. The van der Waals surface area contributed by atoms with E-state index in [0.29, 0.717) is 49.2 Å². The van der Waals surface area contributed by atoms with Gasteiger partial charge in [0.15, 0.2) is 0 Å². The van der Waals surface area contributed by atoms with Gasteiger partial charge in [-0.15, -0.1) is 0 Å². The lowest BCUT2D eigenvalue weighted by Gasteiger charge is -2.28. The van der Waals surface area contributed by atoms with Gasteiger partial charge in [0.25, 0.3) is 16.8 Å². The summed E-state index contributed by atoms with van der Waals surface area (Å²) in [5, 5.41) is 10.5. The van der Waals surface area contributed by atoms with Crippen molar-refractivity contribution < 1.29 is 24.0 Å². The molecule has 0 N–H and O–H groups in total. The Labute approximate surface area is 159 Å². The van der Waals surface area contributed by atoms with Crippen molar-refractivity contribution >= 4 is 40.6 Å². The highest BCUT2D eigenvalue weighted by Crippen LogP contribution is 2.33. The van der Waals surface area contributed by atoms with Crippen molar-refractivity contribution in [2.75, 3.05) is 32.8 Å². The summed E-state index contributed by atoms with van der Waals surface area (Å²) in [5.74, 6) is -0.886. The number of imide groups is 1. The van der Waals surface area contributed by atoms with Gasteiger partial charge in [-0.05, 0) is 30.3 Å². The van der Waals surface area contributed by atoms with Crippen molar-refractivity contribution in [1.82, 2.24) is 9.80 Å². The minimum Gasteiger partial charge on any atom is -0.378 e. The Morgan fingerprint density at radius 1 is 1.33 bits per heavy atom. The van der Waals surface area contributed by atoms with Gasteiger partial charge in [-0.2, -0.15) is 0 Å². The van der Waals surface area contributed by atoms with E-state index in [1.54, 1.807) is 24.0 Å². The van der Waals surface area contributed by atoms with Crippen LogP contribution in [-0.4, -0.2) is 64.6 Å². The summed E-state index contributed by atoms with van der Waals surface area (Å²) in [6.45, 7) is 3.01. The quantitative estimate of drug-likeness (QED) is 0.437. The lowest BCUT2D eigenvalue weighted by atomic mass is 10.1. The molecule has 9 nitrogen and oxygen atoms in total. The molecule has 1 aromatic rings. The molecule has 0 spiro atoms. The summed E-state index contributed by atoms with van der Waals surface area (Å²) in [7, 11) is 0. The van der Waals surface area contributed by atoms with Crippen LogP contribution in [0, 0.1) is 17.0 Å². The standard InChI is InChI=1S/C17H17N3O6S/c1-11-2-3-12(8-13(11)20(24)25)9-14-16(22)19(17(23)27-14)10-15(21)18-4-6-26-7-5-18/h2-3,8-9H,4-7,10H2,1H3/b14-9-. The molecule has 10 heteroatoms. The highest BCUT2D eigenvalue weighted by Gasteiger charge is 2.37. The maximum absolute atomic E-state index is 12.5. The van der Waals surface area contributed by atoms with Crippen LogP contribution in [0.3, 0.4) is 0 Å². The van der Waals surface area contributed by atoms with Crippen molar-refractivity contribution in [3.8, 4) is 0 Å². The van der Waals surface area contributed by atoms with Crippen LogP contribution in [0.15, 0.2) is 23.1 Å². The Hall–Kier alpha value is -2.72. The second-order valence-corrected chi connectivity index (χ2v) is 7.06. The number of rotatable bonds is 4. The first-order valence-corrected chi connectivity index (χ1v) is 9.04. The molecule has 0 bridgehead atoms. The second-order valence-electron chi connectivity index (χ2n) is 6.06. The topological polar surface area (TPSA) is 110 Å². The molecule has 3 amide bonds. The highest BCUT2D eigenvalue weighted by molar-refractivity contribution is 8.18. The highest BCUT2D eigenvalue weighted by atomic mass is 32.2. The number of morpholine rings is 1. The molecule has 0 radical (unpaired) electrons. The SMILES string of the molecule is Cc1ccc(/C=C2\SC(=O)N(CC(=O)N3CCOCC3)C2=O)cc1[N+](=O)[O-]. The van der Waals surface area contributed by atoms with Gasteiger partial charge in [-0.25, -0.2) is 0 Å². The Kier molecular flexibility index (Phi) is 5.57. The van der Waals surface area contributed by atoms with Crippen molar-refractivity contribution in [2.24, 2.45) is 0 Å². The van der Waals surface area contributed by atoms with E-state index >= 15 is 0 Å². The molecule has 0 aliphatic carbocycles. The summed E-state index contributed by atoms with van der Waals surface area (Å²) in [6.07, 6.45) is 1.43. The summed E-state index contributed by atoms with van der Waals surface area (Å²) in [6, 6.07) is 4.56. The fourth-order valence-corrected chi connectivity index (χ4v) is 3.59. The van der Waals surface area contributed by atoms with Crippen LogP contribution in [0.2, 0.25) is 0 Å². The van der Waals surface area contributed by atoms with Gasteiger partial charge in [-0.3, -0.25) is 29.4 Å². The van der Waals surface area contributed by atoms with Crippen molar-refractivity contribution in [3.05, 3.63) is 44.3 Å². The fourth-order valence-electron chi connectivity index (χ4n) is 2.75. The molecule has 142 valence electrons. The summed E-state index contributed by atoms with van der Waals surface area (Å²) >= 11 is 0.717. The number of hydrogen-bond acceptors (Lipinski definition) is 7. The van der Waals surface area contributed by atoms with Crippen molar-refractivity contribution in [1.29, 1.82) is 0 Å². The van der Waals surface area contributed by atoms with Crippen LogP contribution in [0.1, 0.15) is 11.1 Å². The molecule has 27 heavy (non-hydrogen) atoms. The van der Waals surface area contributed by atoms with E-state index < -0.39 is 16.1 Å². The summed E-state index contributed by atoms with van der Waals surface area (Å²) in [5.41, 5.74) is 0.879. The van der Waals surface area contributed by atoms with Crippen LogP contribution in [-0.2, 0) is 14.3 Å². The minimum atomic E-state index is -0.574. The van der Waals surface area contributed by atoms with Gasteiger partial charge < -0.3 is 9.64 Å². The van der Waals surface area contributed by atoms with E-state index in [1.807, 2.05) is 0 Å². The van der Waals surface area contributed by atoms with E-state index in [1.165, 1.54) is 12.1 Å². The lowest BCUT2D eigenvalue weighted by molar-refractivity contribution is -0.385. The zero-order valence-electron chi connectivity index (χ0n) is 14.5. The maximum Gasteiger partial charge on any atom is 0.294 e. The Morgan fingerprint density at radius 2 is 2.04 bits per heavy atom. The normalized spacial score (nSPS) is 19.1. The number of nitro groups is 1. The third kappa shape index (κ3) is 4.17. The van der Waals surface area contributed by atoms with E-state index in [-0.39, 0.29) is 23.0 Å². The van der Waals surface area contributed by atoms with Gasteiger partial charge >= 0.3 is 0 Å². The van der Waals surface area contributed by atoms with Gasteiger partial charge in [0.2, 0.25) is 5.91 Å². The molecule has 2 aliphatic rings. The van der Waals surface area contributed by atoms with Gasteiger partial charge in [0, 0.05) is 24.7 Å². The first-order valence-electron chi connectivity index (χ1n) is 8.23. The Balaban J connectivity index is 1.75. The zero-order chi connectivity index (χ0) is 19.6. The molecular weight excluding hydrogens is 374 g/mol. The number of nitrogens with zero attached hydrogens (tertiary/aromatic N) is 3. The molecule has 2 saturated heterocycles. The van der Waals surface area contributed by atoms with E-state index in [0.717, 1.165) is 4.90 Å². The first-order chi connectivity index (χ1) is 12.9. The molecule has 3 rings (SSSR count). The largest absolute Gasteiger partial charge is 0.378 e. The van der Waals surface area contributed by atoms with E-state index in [2.05, 4.69) is 0 Å². The first kappa shape index (κ1) is 19.1. The fraction of sp³-hybridized carbons (Fsp3) is 0.353. The Bertz CT molecular complexity index is 847. The van der Waals surface area contributed by atoms with Gasteiger partial charge in [0.05, 0.1) is 23.0 Å². The molecule has 0 aromatic heterocycles. The molecular formula is C17H17N3O6S. The average molecular weight is 391 g/mol. The number of carbonyl (C=O) groups excluding carboxylic acids is 3. The number of thioether (sulfide) groups is 1. The van der Waals surface area contributed by atoms with Crippen LogP contribution in [0.5, 0.6) is 0 Å². The zero-order valence-corrected chi connectivity index (χ0v) is 15.4. The third-order valence-electron chi connectivity index (χ3n) is 4.26. The summed E-state index contributed by atoms with van der Waals surface area (Å²) in [4.78, 5) is 50.1. The van der Waals surface area contributed by atoms with Crippen molar-refractivity contribution in [3.63, 3.8) is 0 Å². The monoisotopic (exact) mass is 391 g/mol. The van der Waals surface area contributed by atoms with Crippen LogP contribution in [0.25, 0.3) is 6.08 Å². The number of ether oxygens (including phenoxy) is 1. The molecule has 0 saturated carbocycles.